The van der Waals surface area contributed by atoms with Gasteiger partial charge in [0.2, 0.25) is 5.91 Å². The highest BCUT2D eigenvalue weighted by atomic mass is 16.4. The van der Waals surface area contributed by atoms with Crippen LogP contribution < -0.4 is 5.32 Å². The molecule has 2 bridgehead atoms. The number of carboxylic acid groups (broad SMARTS) is 1. The van der Waals surface area contributed by atoms with Gasteiger partial charge in [0.1, 0.15) is 0 Å². The number of benzene rings is 1. The fourth-order valence-electron chi connectivity index (χ4n) is 4.04. The number of carbonyl (C=O) groups excluding carboxylic acids is 2. The summed E-state index contributed by atoms with van der Waals surface area (Å²) in [6.07, 6.45) is 2.70. The van der Waals surface area contributed by atoms with Crippen LogP contribution in [0.15, 0.2) is 24.3 Å². The van der Waals surface area contributed by atoms with E-state index < -0.39 is 17.8 Å². The van der Waals surface area contributed by atoms with Crippen LogP contribution in [-0.2, 0) is 9.59 Å². The Morgan fingerprint density at radius 1 is 1.05 bits per heavy atom. The molecule has 2 N–H and O–H groups in total. The minimum Gasteiger partial charge on any atom is -0.481 e. The summed E-state index contributed by atoms with van der Waals surface area (Å²) in [7, 11) is 0. The third kappa shape index (κ3) is 2.51. The molecule has 2 aliphatic rings. The number of ketones is 1. The summed E-state index contributed by atoms with van der Waals surface area (Å²) in [4.78, 5) is 35.2. The summed E-state index contributed by atoms with van der Waals surface area (Å²) in [5.41, 5.74) is 1.18. The smallest absolute Gasteiger partial charge is 0.307 e. The largest absolute Gasteiger partial charge is 0.481 e. The molecule has 2 fully saturated rings. The van der Waals surface area contributed by atoms with E-state index in [1.807, 2.05) is 0 Å². The number of nitrogens with one attached hydrogen (secondary N) is 1. The number of Topliss-reactive ketones (excluding diaryl/α,β-unsaturated/α-hetero) is 1. The molecule has 1 amide bonds. The molecule has 4 atom stereocenters. The average molecular weight is 301 g/mol. The van der Waals surface area contributed by atoms with Gasteiger partial charge < -0.3 is 10.4 Å². The van der Waals surface area contributed by atoms with E-state index in [4.69, 9.17) is 0 Å². The van der Waals surface area contributed by atoms with Crippen LogP contribution in [0.5, 0.6) is 0 Å². The maximum absolute atomic E-state index is 12.5. The highest BCUT2D eigenvalue weighted by Crippen LogP contribution is 2.52. The van der Waals surface area contributed by atoms with E-state index in [0.717, 1.165) is 19.3 Å². The molecule has 116 valence electrons. The quantitative estimate of drug-likeness (QED) is 0.837. The van der Waals surface area contributed by atoms with Gasteiger partial charge in [-0.3, -0.25) is 14.4 Å². The van der Waals surface area contributed by atoms with Crippen LogP contribution in [0.4, 0.5) is 5.69 Å². The first kappa shape index (κ1) is 14.8. The number of anilines is 1. The van der Waals surface area contributed by atoms with Gasteiger partial charge in [-0.25, -0.2) is 0 Å². The lowest BCUT2D eigenvalue weighted by Gasteiger charge is -2.27. The van der Waals surface area contributed by atoms with E-state index in [9.17, 15) is 19.5 Å². The molecule has 0 radical (unpaired) electrons. The number of fused-ring (bicyclic) bond motifs is 2. The molecule has 1 aromatic rings. The van der Waals surface area contributed by atoms with Gasteiger partial charge in [-0.1, -0.05) is 0 Å². The second-order valence-corrected chi connectivity index (χ2v) is 6.35. The lowest BCUT2D eigenvalue weighted by molar-refractivity contribution is -0.148. The number of carboxylic acids is 1. The van der Waals surface area contributed by atoms with Gasteiger partial charge in [-0.05, 0) is 62.3 Å². The summed E-state index contributed by atoms with van der Waals surface area (Å²) in [6, 6.07) is 6.68. The van der Waals surface area contributed by atoms with E-state index in [0.29, 0.717) is 11.3 Å². The fourth-order valence-corrected chi connectivity index (χ4v) is 4.04. The highest BCUT2D eigenvalue weighted by molar-refractivity contribution is 5.97. The van der Waals surface area contributed by atoms with Crippen LogP contribution in [0.3, 0.4) is 0 Å². The minimum absolute atomic E-state index is 0.0306. The lowest BCUT2D eigenvalue weighted by atomic mass is 9.78. The monoisotopic (exact) mass is 301 g/mol. The molecular weight excluding hydrogens is 282 g/mol. The van der Waals surface area contributed by atoms with Crippen LogP contribution in [0.1, 0.15) is 36.5 Å². The first-order chi connectivity index (χ1) is 10.5. The van der Waals surface area contributed by atoms with Gasteiger partial charge in [0.15, 0.2) is 5.78 Å². The van der Waals surface area contributed by atoms with Crippen LogP contribution >= 0.6 is 0 Å². The molecule has 0 heterocycles. The fraction of sp³-hybridized carbons (Fsp3) is 0.471. The zero-order valence-corrected chi connectivity index (χ0v) is 12.4. The van der Waals surface area contributed by atoms with Crippen molar-refractivity contribution in [1.29, 1.82) is 0 Å². The van der Waals surface area contributed by atoms with Crippen molar-refractivity contribution in [3.05, 3.63) is 29.8 Å². The second-order valence-electron chi connectivity index (χ2n) is 6.35. The third-order valence-electron chi connectivity index (χ3n) is 5.06. The number of hydrogen-bond acceptors (Lipinski definition) is 3. The summed E-state index contributed by atoms with van der Waals surface area (Å²) >= 11 is 0. The van der Waals surface area contributed by atoms with Crippen molar-refractivity contribution < 1.29 is 19.5 Å². The minimum atomic E-state index is -0.862. The Balaban J connectivity index is 1.73. The number of rotatable bonds is 4. The maximum atomic E-state index is 12.5. The zero-order valence-electron chi connectivity index (χ0n) is 12.4. The van der Waals surface area contributed by atoms with Gasteiger partial charge in [0, 0.05) is 11.3 Å². The van der Waals surface area contributed by atoms with Crippen LogP contribution in [0.2, 0.25) is 0 Å². The van der Waals surface area contributed by atoms with E-state index in [-0.39, 0.29) is 23.5 Å². The first-order valence-corrected chi connectivity index (χ1v) is 7.62. The van der Waals surface area contributed by atoms with Crippen LogP contribution in [0.25, 0.3) is 0 Å². The van der Waals surface area contributed by atoms with Gasteiger partial charge >= 0.3 is 5.97 Å². The van der Waals surface area contributed by atoms with Crippen molar-refractivity contribution in [3.63, 3.8) is 0 Å². The summed E-state index contributed by atoms with van der Waals surface area (Å²) in [6.45, 7) is 1.49. The molecular formula is C17H19NO4. The molecule has 0 unspecified atom stereocenters. The number of amides is 1. The molecule has 5 nitrogen and oxygen atoms in total. The normalized spacial score (nSPS) is 29.3. The van der Waals surface area contributed by atoms with E-state index >= 15 is 0 Å². The van der Waals surface area contributed by atoms with Crippen molar-refractivity contribution in [2.75, 3.05) is 5.32 Å². The van der Waals surface area contributed by atoms with Gasteiger partial charge in [-0.15, -0.1) is 0 Å². The van der Waals surface area contributed by atoms with Crippen molar-refractivity contribution in [2.45, 2.75) is 26.2 Å². The second kappa shape index (κ2) is 5.55. The first-order valence-electron chi connectivity index (χ1n) is 7.62. The molecule has 0 saturated heterocycles. The molecule has 22 heavy (non-hydrogen) atoms. The predicted molar refractivity (Wildman–Crippen MR) is 80.5 cm³/mol. The Morgan fingerprint density at radius 3 is 2.18 bits per heavy atom. The molecule has 1 aromatic carbocycles. The van der Waals surface area contributed by atoms with Gasteiger partial charge in [0.25, 0.3) is 0 Å². The Kier molecular flexibility index (Phi) is 3.72. The maximum Gasteiger partial charge on any atom is 0.307 e. The summed E-state index contributed by atoms with van der Waals surface area (Å²) < 4.78 is 0. The molecule has 0 aliphatic heterocycles. The van der Waals surface area contributed by atoms with Crippen LogP contribution in [-0.4, -0.2) is 22.8 Å². The molecule has 2 aliphatic carbocycles. The summed E-state index contributed by atoms with van der Waals surface area (Å²) in [5.74, 6) is -1.79. The topological polar surface area (TPSA) is 83.5 Å². The Labute approximate surface area is 128 Å². The Hall–Kier alpha value is -2.17. The van der Waals surface area contributed by atoms with Crippen molar-refractivity contribution >= 4 is 23.3 Å². The standard InChI is InChI=1S/C17H19NO4/c1-9(19)10-4-6-13(7-5-10)18-16(20)14-11-2-3-12(8-11)15(14)17(21)22/h4-7,11-12,14-15H,2-3,8H2,1H3,(H,18,20)(H,21,22)/t11-,12+,14-,15-/m1/s1. The van der Waals surface area contributed by atoms with Crippen molar-refractivity contribution in [3.8, 4) is 0 Å². The Bertz CT molecular complexity index is 622. The summed E-state index contributed by atoms with van der Waals surface area (Å²) in [5, 5.41) is 12.2. The number of hydrogen-bond donors (Lipinski definition) is 2. The molecule has 3 rings (SSSR count). The SMILES string of the molecule is CC(=O)c1ccc(NC(=O)[C@@H]2[C@@H]3CC[C@@H](C3)[C@H]2C(=O)O)cc1. The van der Waals surface area contributed by atoms with E-state index in [2.05, 4.69) is 5.32 Å². The molecule has 0 spiro atoms. The van der Waals surface area contributed by atoms with Crippen molar-refractivity contribution in [1.82, 2.24) is 0 Å². The predicted octanol–water partition coefficient (Wildman–Crippen LogP) is 2.57. The van der Waals surface area contributed by atoms with Gasteiger partial charge in [-0.2, -0.15) is 0 Å². The molecule has 2 saturated carbocycles. The van der Waals surface area contributed by atoms with E-state index in [1.165, 1.54) is 6.92 Å². The molecule has 0 aromatic heterocycles. The lowest BCUT2D eigenvalue weighted by Crippen LogP contribution is -2.37. The zero-order chi connectivity index (χ0) is 15.9. The average Bonchev–Trinajstić information content (AvgIpc) is 3.08. The Morgan fingerprint density at radius 2 is 1.64 bits per heavy atom. The van der Waals surface area contributed by atoms with Crippen LogP contribution in [0, 0.1) is 23.7 Å². The third-order valence-corrected chi connectivity index (χ3v) is 5.06. The number of aliphatic carboxylic acids is 1. The molecule has 5 heteroatoms. The van der Waals surface area contributed by atoms with Gasteiger partial charge in [0.05, 0.1) is 11.8 Å². The highest BCUT2D eigenvalue weighted by Gasteiger charge is 2.53. The van der Waals surface area contributed by atoms with Crippen molar-refractivity contribution in [2.24, 2.45) is 23.7 Å². The van der Waals surface area contributed by atoms with E-state index in [1.54, 1.807) is 24.3 Å². The number of carbonyl (C=O) groups is 3.